The van der Waals surface area contributed by atoms with Crippen LogP contribution in [0.15, 0.2) is 0 Å². The molecule has 0 aromatic carbocycles. The molecule has 0 spiro atoms. The van der Waals surface area contributed by atoms with Crippen LogP contribution >= 0.6 is 0 Å². The van der Waals surface area contributed by atoms with Crippen LogP contribution in [0.25, 0.3) is 0 Å². The molecule has 15 heavy (non-hydrogen) atoms. The fraction of sp³-hybridized carbons (Fsp3) is 1.00. The summed E-state index contributed by atoms with van der Waals surface area (Å²) < 4.78 is 0. The Hall–Kier alpha value is -0.0400. The number of likely N-dealkylation sites (tertiary alicyclic amines) is 1. The normalized spacial score (nSPS) is 22.0. The Morgan fingerprint density at radius 2 is 1.47 bits per heavy atom. The highest BCUT2D eigenvalue weighted by Gasteiger charge is 2.16. The summed E-state index contributed by atoms with van der Waals surface area (Å²) in [5, 5.41) is 0. The number of rotatable bonds is 1. The zero-order valence-corrected chi connectivity index (χ0v) is 12.1. The summed E-state index contributed by atoms with van der Waals surface area (Å²) in [4.78, 5) is 2.46. The fourth-order valence-electron chi connectivity index (χ4n) is 1.93. The van der Waals surface area contributed by atoms with Gasteiger partial charge in [-0.1, -0.05) is 41.5 Å². The zero-order valence-electron chi connectivity index (χ0n) is 12.1. The van der Waals surface area contributed by atoms with Gasteiger partial charge in [0.25, 0.3) is 0 Å². The van der Waals surface area contributed by atoms with E-state index in [0.29, 0.717) is 0 Å². The van der Waals surface area contributed by atoms with Crippen molar-refractivity contribution in [3.63, 3.8) is 0 Å². The minimum atomic E-state index is 0.890. The molecular formula is C14H33N. The summed E-state index contributed by atoms with van der Waals surface area (Å²) in [6.45, 7) is 15.3. The van der Waals surface area contributed by atoms with Crippen LogP contribution in [0, 0.1) is 11.8 Å². The van der Waals surface area contributed by atoms with Gasteiger partial charge in [-0.2, -0.15) is 0 Å². The molecule has 0 saturated carbocycles. The van der Waals surface area contributed by atoms with E-state index in [1.165, 1.54) is 32.4 Å². The van der Waals surface area contributed by atoms with Gasteiger partial charge in [-0.25, -0.2) is 0 Å². The molecule has 1 rings (SSSR count). The highest BCUT2D eigenvalue weighted by Crippen LogP contribution is 2.23. The number of nitrogens with zero attached hydrogens (tertiary/aromatic N) is 1. The van der Waals surface area contributed by atoms with E-state index in [-0.39, 0.29) is 0 Å². The van der Waals surface area contributed by atoms with Crippen LogP contribution < -0.4 is 0 Å². The summed E-state index contributed by atoms with van der Waals surface area (Å²) >= 11 is 0. The molecule has 1 heteroatoms. The highest BCUT2D eigenvalue weighted by molar-refractivity contribution is 4.69. The van der Waals surface area contributed by atoms with E-state index in [2.05, 4.69) is 25.8 Å². The molecule has 1 saturated heterocycles. The largest absolute Gasteiger partial charge is 0.306 e. The first-order valence-electron chi connectivity index (χ1n) is 6.88. The van der Waals surface area contributed by atoms with Crippen molar-refractivity contribution >= 4 is 0 Å². The minimum absolute atomic E-state index is 0.890. The SMILES string of the molecule is CC.CC.CC(C)C1CCCN(C)CC1. The molecule has 1 aliphatic rings. The lowest BCUT2D eigenvalue weighted by Gasteiger charge is -2.18. The van der Waals surface area contributed by atoms with Gasteiger partial charge in [0.05, 0.1) is 0 Å². The lowest BCUT2D eigenvalue weighted by atomic mass is 9.89. The van der Waals surface area contributed by atoms with Gasteiger partial charge in [-0.05, 0) is 51.2 Å². The van der Waals surface area contributed by atoms with Gasteiger partial charge in [0.1, 0.15) is 0 Å². The Bertz CT molecular complexity index is 110. The molecule has 0 radical (unpaired) electrons. The van der Waals surface area contributed by atoms with Crippen molar-refractivity contribution in [1.82, 2.24) is 4.90 Å². The van der Waals surface area contributed by atoms with Crippen molar-refractivity contribution in [2.24, 2.45) is 11.8 Å². The highest BCUT2D eigenvalue weighted by atomic mass is 15.1. The van der Waals surface area contributed by atoms with E-state index in [1.54, 1.807) is 0 Å². The van der Waals surface area contributed by atoms with Gasteiger partial charge in [0.2, 0.25) is 0 Å². The van der Waals surface area contributed by atoms with Crippen molar-refractivity contribution in [1.29, 1.82) is 0 Å². The first-order valence-corrected chi connectivity index (χ1v) is 6.88. The second kappa shape index (κ2) is 12.0. The summed E-state index contributed by atoms with van der Waals surface area (Å²) in [5.74, 6) is 1.88. The predicted molar refractivity (Wildman–Crippen MR) is 72.4 cm³/mol. The Morgan fingerprint density at radius 3 is 1.93 bits per heavy atom. The number of hydrogen-bond acceptors (Lipinski definition) is 1. The lowest BCUT2D eigenvalue weighted by molar-refractivity contribution is 0.316. The van der Waals surface area contributed by atoms with Gasteiger partial charge in [0, 0.05) is 0 Å². The minimum Gasteiger partial charge on any atom is -0.306 e. The van der Waals surface area contributed by atoms with Crippen LogP contribution in [0.3, 0.4) is 0 Å². The molecule has 0 aromatic heterocycles. The molecule has 1 fully saturated rings. The molecule has 1 unspecified atom stereocenters. The smallest absolute Gasteiger partial charge is 0.00190 e. The topological polar surface area (TPSA) is 3.24 Å². The maximum Gasteiger partial charge on any atom is -0.00190 e. The first kappa shape index (κ1) is 17.4. The van der Waals surface area contributed by atoms with E-state index < -0.39 is 0 Å². The van der Waals surface area contributed by atoms with Crippen LogP contribution in [-0.2, 0) is 0 Å². The van der Waals surface area contributed by atoms with Crippen molar-refractivity contribution in [2.75, 3.05) is 20.1 Å². The van der Waals surface area contributed by atoms with Gasteiger partial charge in [-0.3, -0.25) is 0 Å². The molecule has 1 nitrogen and oxygen atoms in total. The average molecular weight is 215 g/mol. The molecule has 0 aromatic rings. The van der Waals surface area contributed by atoms with Crippen molar-refractivity contribution in [3.8, 4) is 0 Å². The van der Waals surface area contributed by atoms with E-state index >= 15 is 0 Å². The van der Waals surface area contributed by atoms with Crippen molar-refractivity contribution in [2.45, 2.75) is 60.8 Å². The van der Waals surface area contributed by atoms with E-state index in [4.69, 9.17) is 0 Å². The van der Waals surface area contributed by atoms with Crippen LogP contribution in [-0.4, -0.2) is 25.0 Å². The van der Waals surface area contributed by atoms with Crippen LogP contribution in [0.4, 0.5) is 0 Å². The first-order chi connectivity index (χ1) is 7.20. The molecule has 1 aliphatic heterocycles. The van der Waals surface area contributed by atoms with Crippen molar-refractivity contribution < 1.29 is 0 Å². The molecule has 1 atom stereocenters. The molecule has 0 N–H and O–H groups in total. The fourth-order valence-corrected chi connectivity index (χ4v) is 1.93. The second-order valence-electron chi connectivity index (χ2n) is 4.24. The third-order valence-electron chi connectivity index (χ3n) is 2.94. The monoisotopic (exact) mass is 215 g/mol. The Morgan fingerprint density at radius 1 is 0.933 bits per heavy atom. The van der Waals surface area contributed by atoms with Crippen LogP contribution in [0.2, 0.25) is 0 Å². The van der Waals surface area contributed by atoms with Gasteiger partial charge < -0.3 is 4.90 Å². The van der Waals surface area contributed by atoms with Crippen molar-refractivity contribution in [3.05, 3.63) is 0 Å². The quantitative estimate of drug-likeness (QED) is 0.625. The maximum atomic E-state index is 2.46. The molecule has 0 bridgehead atoms. The van der Waals surface area contributed by atoms with Gasteiger partial charge in [0.15, 0.2) is 0 Å². The van der Waals surface area contributed by atoms with E-state index in [9.17, 15) is 0 Å². The Kier molecular flexibility index (Phi) is 13.9. The summed E-state index contributed by atoms with van der Waals surface area (Å²) in [5.41, 5.74) is 0. The van der Waals surface area contributed by atoms with Crippen LogP contribution in [0.5, 0.6) is 0 Å². The van der Waals surface area contributed by atoms with Crippen LogP contribution in [0.1, 0.15) is 60.8 Å². The predicted octanol–water partition coefficient (Wildman–Crippen LogP) is 4.43. The lowest BCUT2D eigenvalue weighted by Crippen LogP contribution is -2.19. The Labute approximate surface area is 98.2 Å². The average Bonchev–Trinajstić information content (AvgIpc) is 2.49. The number of hydrogen-bond donors (Lipinski definition) is 0. The van der Waals surface area contributed by atoms with E-state index in [1.807, 2.05) is 27.7 Å². The summed E-state index contributed by atoms with van der Waals surface area (Å²) in [6.07, 6.45) is 4.26. The van der Waals surface area contributed by atoms with E-state index in [0.717, 1.165) is 11.8 Å². The molecule has 94 valence electrons. The molecule has 0 amide bonds. The molecule has 0 aliphatic carbocycles. The molecular weight excluding hydrogens is 182 g/mol. The zero-order chi connectivity index (χ0) is 12.3. The van der Waals surface area contributed by atoms with Gasteiger partial charge in [-0.15, -0.1) is 0 Å². The summed E-state index contributed by atoms with van der Waals surface area (Å²) in [7, 11) is 2.24. The summed E-state index contributed by atoms with van der Waals surface area (Å²) in [6, 6.07) is 0. The standard InChI is InChI=1S/C10H21N.2C2H6/c1-9(2)10-5-4-7-11(3)8-6-10;2*1-2/h9-10H,4-8H2,1-3H3;2*1-2H3. The third kappa shape index (κ3) is 8.92. The molecule has 1 heterocycles. The third-order valence-corrected chi connectivity index (χ3v) is 2.94. The Balaban J connectivity index is 0. The maximum absolute atomic E-state index is 2.46. The van der Waals surface area contributed by atoms with Gasteiger partial charge >= 0.3 is 0 Å². The second-order valence-corrected chi connectivity index (χ2v) is 4.24.